The molecule has 2 aliphatic heterocycles. The molecule has 3 rings (SSSR count). The summed E-state index contributed by atoms with van der Waals surface area (Å²) in [6.07, 6.45) is 2.64. The minimum absolute atomic E-state index is 0.109. The predicted octanol–water partition coefficient (Wildman–Crippen LogP) is 3.46. The maximum atomic E-state index is 13.5. The number of aryl methyl sites for hydroxylation is 1. The first-order chi connectivity index (χ1) is 10.7. The number of benzene rings is 1. The van der Waals surface area contributed by atoms with E-state index in [9.17, 15) is 4.39 Å². The Morgan fingerprint density at radius 2 is 1.73 bits per heavy atom. The van der Waals surface area contributed by atoms with Gasteiger partial charge in [0.1, 0.15) is 5.82 Å². The highest BCUT2D eigenvalue weighted by atomic mass is 19.1. The van der Waals surface area contributed by atoms with Gasteiger partial charge in [0, 0.05) is 31.9 Å². The number of hydrogen-bond acceptors (Lipinski definition) is 3. The summed E-state index contributed by atoms with van der Waals surface area (Å²) in [6.45, 7) is 11.9. The molecule has 1 aromatic carbocycles. The van der Waals surface area contributed by atoms with Crippen molar-refractivity contribution in [2.24, 2.45) is 0 Å². The van der Waals surface area contributed by atoms with Gasteiger partial charge in [-0.2, -0.15) is 0 Å². The summed E-state index contributed by atoms with van der Waals surface area (Å²) >= 11 is 0. The number of nitrogens with zero attached hydrogens (tertiary/aromatic N) is 2. The quantitative estimate of drug-likeness (QED) is 0.850. The Hall–Kier alpha value is -1.13. The lowest BCUT2D eigenvalue weighted by Crippen LogP contribution is -2.56. The van der Waals surface area contributed by atoms with Crippen LogP contribution in [0.4, 0.5) is 10.1 Å². The van der Waals surface area contributed by atoms with Gasteiger partial charge < -0.3 is 9.64 Å². The van der Waals surface area contributed by atoms with Crippen LogP contribution in [0.1, 0.15) is 32.3 Å². The molecule has 2 heterocycles. The van der Waals surface area contributed by atoms with Crippen LogP contribution in [0, 0.1) is 12.7 Å². The summed E-state index contributed by atoms with van der Waals surface area (Å²) in [7, 11) is 0. The van der Waals surface area contributed by atoms with Crippen LogP contribution in [-0.4, -0.2) is 50.3 Å². The minimum atomic E-state index is -0.109. The fourth-order valence-corrected chi connectivity index (χ4v) is 2.56. The Labute approximate surface area is 134 Å². The average Bonchev–Trinajstić information content (AvgIpc) is 2.49. The summed E-state index contributed by atoms with van der Waals surface area (Å²) in [5.74, 6) is -0.109. The third kappa shape index (κ3) is 4.43. The van der Waals surface area contributed by atoms with E-state index in [1.54, 1.807) is 13.0 Å². The van der Waals surface area contributed by atoms with Crippen molar-refractivity contribution in [2.75, 3.05) is 44.3 Å². The predicted molar refractivity (Wildman–Crippen MR) is 90.1 cm³/mol. The molecule has 4 heteroatoms. The van der Waals surface area contributed by atoms with Crippen LogP contribution in [0.15, 0.2) is 18.2 Å². The van der Waals surface area contributed by atoms with E-state index in [1.165, 1.54) is 12.8 Å². The highest BCUT2D eigenvalue weighted by Crippen LogP contribution is 2.21. The fourth-order valence-electron chi connectivity index (χ4n) is 2.56. The standard InChI is InChI=1S/C14H19FN2O.C4H10/c1-11-2-3-12(8-14(11)15)16-4-6-17(7-5-16)13-9-18-10-13;1-3-4-2/h2-3,8,13H,4-7,9-10H2,1H3;3-4H2,1-2H3. The van der Waals surface area contributed by atoms with Crippen molar-refractivity contribution in [1.29, 1.82) is 0 Å². The van der Waals surface area contributed by atoms with Gasteiger partial charge in [-0.05, 0) is 24.6 Å². The van der Waals surface area contributed by atoms with Gasteiger partial charge in [-0.25, -0.2) is 4.39 Å². The second-order valence-corrected chi connectivity index (χ2v) is 6.15. The van der Waals surface area contributed by atoms with E-state index in [-0.39, 0.29) is 5.82 Å². The topological polar surface area (TPSA) is 15.7 Å². The van der Waals surface area contributed by atoms with Gasteiger partial charge in [-0.1, -0.05) is 32.8 Å². The molecule has 2 fully saturated rings. The SMILES string of the molecule is CCCC.Cc1ccc(N2CCN(C3COC3)CC2)cc1F. The lowest BCUT2D eigenvalue weighted by molar-refractivity contribution is -0.0660. The molecule has 0 unspecified atom stereocenters. The van der Waals surface area contributed by atoms with Crippen molar-refractivity contribution in [3.8, 4) is 0 Å². The van der Waals surface area contributed by atoms with Crippen molar-refractivity contribution in [3.05, 3.63) is 29.6 Å². The number of halogens is 1. The summed E-state index contributed by atoms with van der Waals surface area (Å²) in [5.41, 5.74) is 1.71. The molecule has 3 nitrogen and oxygen atoms in total. The zero-order valence-electron chi connectivity index (χ0n) is 14.1. The van der Waals surface area contributed by atoms with Gasteiger partial charge >= 0.3 is 0 Å². The van der Waals surface area contributed by atoms with E-state index in [0.717, 1.165) is 45.1 Å². The lowest BCUT2D eigenvalue weighted by atomic mass is 10.1. The van der Waals surface area contributed by atoms with Crippen LogP contribution < -0.4 is 4.90 Å². The summed E-state index contributed by atoms with van der Waals surface area (Å²) < 4.78 is 18.8. The van der Waals surface area contributed by atoms with E-state index >= 15 is 0 Å². The smallest absolute Gasteiger partial charge is 0.128 e. The molecule has 0 aliphatic carbocycles. The van der Waals surface area contributed by atoms with Gasteiger partial charge in [0.05, 0.1) is 19.3 Å². The lowest BCUT2D eigenvalue weighted by Gasteiger charge is -2.43. The summed E-state index contributed by atoms with van der Waals surface area (Å²) in [4.78, 5) is 4.74. The van der Waals surface area contributed by atoms with E-state index in [1.807, 2.05) is 12.1 Å². The molecule has 0 N–H and O–H groups in total. The Morgan fingerprint density at radius 1 is 1.09 bits per heavy atom. The van der Waals surface area contributed by atoms with Crippen LogP contribution in [0.3, 0.4) is 0 Å². The normalized spacial score (nSPS) is 19.4. The molecule has 124 valence electrons. The van der Waals surface area contributed by atoms with Crippen LogP contribution in [-0.2, 0) is 4.74 Å². The molecule has 2 saturated heterocycles. The third-order valence-electron chi connectivity index (χ3n) is 4.47. The van der Waals surface area contributed by atoms with Crippen molar-refractivity contribution < 1.29 is 9.13 Å². The summed E-state index contributed by atoms with van der Waals surface area (Å²) in [6, 6.07) is 6.14. The van der Waals surface area contributed by atoms with Crippen LogP contribution in [0.2, 0.25) is 0 Å². The van der Waals surface area contributed by atoms with Gasteiger partial charge in [-0.3, -0.25) is 4.90 Å². The Morgan fingerprint density at radius 3 is 2.18 bits per heavy atom. The molecule has 0 radical (unpaired) electrons. The van der Waals surface area contributed by atoms with E-state index < -0.39 is 0 Å². The zero-order valence-corrected chi connectivity index (χ0v) is 14.1. The maximum absolute atomic E-state index is 13.5. The second-order valence-electron chi connectivity index (χ2n) is 6.15. The van der Waals surface area contributed by atoms with Crippen molar-refractivity contribution in [1.82, 2.24) is 4.90 Å². The molecule has 0 saturated carbocycles. The van der Waals surface area contributed by atoms with Crippen LogP contribution in [0.5, 0.6) is 0 Å². The highest BCUT2D eigenvalue weighted by molar-refractivity contribution is 5.48. The number of unbranched alkanes of at least 4 members (excludes halogenated alkanes) is 1. The van der Waals surface area contributed by atoms with Crippen molar-refractivity contribution >= 4 is 5.69 Å². The minimum Gasteiger partial charge on any atom is -0.378 e. The average molecular weight is 308 g/mol. The molecule has 0 spiro atoms. The van der Waals surface area contributed by atoms with E-state index in [4.69, 9.17) is 4.74 Å². The molecule has 0 aromatic heterocycles. The first kappa shape index (κ1) is 17.2. The molecule has 1 aromatic rings. The van der Waals surface area contributed by atoms with E-state index in [2.05, 4.69) is 23.6 Å². The number of piperazine rings is 1. The van der Waals surface area contributed by atoms with Gasteiger partial charge in [0.25, 0.3) is 0 Å². The molecule has 2 aliphatic rings. The second kappa shape index (κ2) is 8.49. The number of rotatable bonds is 3. The van der Waals surface area contributed by atoms with Crippen molar-refractivity contribution in [2.45, 2.75) is 39.7 Å². The first-order valence-electron chi connectivity index (χ1n) is 8.48. The Kier molecular flexibility index (Phi) is 6.65. The molecule has 22 heavy (non-hydrogen) atoms. The largest absolute Gasteiger partial charge is 0.378 e. The first-order valence-corrected chi connectivity index (χ1v) is 8.48. The van der Waals surface area contributed by atoms with Crippen LogP contribution >= 0.6 is 0 Å². The van der Waals surface area contributed by atoms with Gasteiger partial charge in [-0.15, -0.1) is 0 Å². The number of anilines is 1. The number of hydrogen-bond donors (Lipinski definition) is 0. The molecular formula is C18H29FN2O. The van der Waals surface area contributed by atoms with Crippen molar-refractivity contribution in [3.63, 3.8) is 0 Å². The van der Waals surface area contributed by atoms with E-state index in [0.29, 0.717) is 11.6 Å². The maximum Gasteiger partial charge on any atom is 0.128 e. The monoisotopic (exact) mass is 308 g/mol. The molecule has 0 amide bonds. The molecular weight excluding hydrogens is 279 g/mol. The highest BCUT2D eigenvalue weighted by Gasteiger charge is 2.28. The molecule has 0 atom stereocenters. The van der Waals surface area contributed by atoms with Gasteiger partial charge in [0.15, 0.2) is 0 Å². The summed E-state index contributed by atoms with van der Waals surface area (Å²) in [5, 5.41) is 0. The fraction of sp³-hybridized carbons (Fsp3) is 0.667. The van der Waals surface area contributed by atoms with Gasteiger partial charge in [0.2, 0.25) is 0 Å². The number of ether oxygens (including phenoxy) is 1. The Balaban J connectivity index is 0.000000396. The third-order valence-corrected chi connectivity index (χ3v) is 4.47. The van der Waals surface area contributed by atoms with Crippen LogP contribution in [0.25, 0.3) is 0 Å². The Bertz CT molecular complexity index is 452. The molecule has 0 bridgehead atoms. The zero-order chi connectivity index (χ0) is 15.9.